The smallest absolute Gasteiger partial charge is 0.313 e. The van der Waals surface area contributed by atoms with Gasteiger partial charge >= 0.3 is 5.97 Å². The zero-order valence-corrected chi connectivity index (χ0v) is 11.8. The van der Waals surface area contributed by atoms with Gasteiger partial charge in [0.15, 0.2) is 0 Å². The summed E-state index contributed by atoms with van der Waals surface area (Å²) in [6.45, 7) is 4.20. The van der Waals surface area contributed by atoms with Crippen molar-refractivity contribution in [2.75, 3.05) is 11.9 Å². The molecule has 1 saturated heterocycles. The van der Waals surface area contributed by atoms with Crippen molar-refractivity contribution in [3.63, 3.8) is 0 Å². The highest BCUT2D eigenvalue weighted by atomic mass is 16.4. The molecule has 1 aromatic rings. The van der Waals surface area contributed by atoms with Crippen LogP contribution in [-0.4, -0.2) is 29.6 Å². The lowest BCUT2D eigenvalue weighted by molar-refractivity contribution is -0.142. The summed E-state index contributed by atoms with van der Waals surface area (Å²) in [5.74, 6) is -0.905. The fourth-order valence-electron chi connectivity index (χ4n) is 2.23. The number of anilines is 1. The Morgan fingerprint density at radius 2 is 1.95 bits per heavy atom. The van der Waals surface area contributed by atoms with Crippen LogP contribution < -0.4 is 10.6 Å². The van der Waals surface area contributed by atoms with Gasteiger partial charge < -0.3 is 15.7 Å². The van der Waals surface area contributed by atoms with E-state index in [-0.39, 0.29) is 11.9 Å². The first kappa shape index (κ1) is 14.5. The summed E-state index contributed by atoms with van der Waals surface area (Å²) in [7, 11) is 0. The normalized spacial score (nSPS) is 18.8. The molecule has 1 atom stereocenters. The maximum Gasteiger partial charge on any atom is 0.313 e. The molecule has 2 rings (SSSR count). The number of carbonyl (C=O) groups excluding carboxylic acids is 1. The van der Waals surface area contributed by atoms with Gasteiger partial charge in [-0.3, -0.25) is 9.59 Å². The van der Waals surface area contributed by atoms with E-state index < -0.39 is 11.4 Å². The number of carboxylic acid groups (broad SMARTS) is 1. The maximum absolute atomic E-state index is 11.9. The molecule has 1 aliphatic heterocycles. The van der Waals surface area contributed by atoms with Crippen molar-refractivity contribution in [2.24, 2.45) is 0 Å². The lowest BCUT2D eigenvalue weighted by Gasteiger charge is -2.20. The van der Waals surface area contributed by atoms with Gasteiger partial charge in [0.2, 0.25) is 5.91 Å². The summed E-state index contributed by atoms with van der Waals surface area (Å²) >= 11 is 0. The fraction of sp³-hybridized carbons (Fsp3) is 0.467. The minimum atomic E-state index is -0.935. The van der Waals surface area contributed by atoms with E-state index >= 15 is 0 Å². The van der Waals surface area contributed by atoms with E-state index in [1.54, 1.807) is 38.1 Å². The molecule has 3 N–H and O–H groups in total. The molecule has 0 radical (unpaired) electrons. The quantitative estimate of drug-likeness (QED) is 0.782. The second kappa shape index (κ2) is 5.63. The van der Waals surface area contributed by atoms with Crippen molar-refractivity contribution in [3.8, 4) is 0 Å². The Morgan fingerprint density at radius 1 is 1.30 bits per heavy atom. The molecule has 1 fully saturated rings. The largest absolute Gasteiger partial charge is 0.481 e. The molecule has 0 spiro atoms. The van der Waals surface area contributed by atoms with Crippen molar-refractivity contribution >= 4 is 17.6 Å². The third kappa shape index (κ3) is 2.99. The number of amides is 1. The Labute approximate surface area is 118 Å². The van der Waals surface area contributed by atoms with Crippen LogP contribution in [0.25, 0.3) is 0 Å². The van der Waals surface area contributed by atoms with Crippen molar-refractivity contribution in [2.45, 2.75) is 38.1 Å². The molecule has 1 aliphatic rings. The minimum absolute atomic E-state index is 0.0345. The van der Waals surface area contributed by atoms with E-state index in [1.165, 1.54) is 0 Å². The lowest BCUT2D eigenvalue weighted by atomic mass is 9.85. The Hall–Kier alpha value is -1.88. The van der Waals surface area contributed by atoms with Crippen LogP contribution in [0.2, 0.25) is 0 Å². The number of carbonyl (C=O) groups is 2. The Bertz CT molecular complexity index is 502. The highest BCUT2D eigenvalue weighted by Gasteiger charge is 2.29. The molecule has 0 saturated carbocycles. The molecule has 0 bridgehead atoms. The summed E-state index contributed by atoms with van der Waals surface area (Å²) in [4.78, 5) is 23.1. The zero-order valence-electron chi connectivity index (χ0n) is 11.8. The van der Waals surface area contributed by atoms with Gasteiger partial charge in [-0.1, -0.05) is 12.1 Å². The predicted octanol–water partition coefficient (Wildman–Crippen LogP) is 1.74. The standard InChI is InChI=1S/C15H20N2O3/c1-15(2,14(19)20)10-5-7-11(8-6-10)17-13(18)12-4-3-9-16-12/h5-8,12,16H,3-4,9H2,1-2H3,(H,17,18)(H,19,20)/t12-/m1/s1. The average Bonchev–Trinajstić information content (AvgIpc) is 2.93. The molecule has 108 valence electrons. The molecule has 0 unspecified atom stereocenters. The van der Waals surface area contributed by atoms with Crippen LogP contribution in [0, 0.1) is 0 Å². The van der Waals surface area contributed by atoms with Gasteiger partial charge in [-0.05, 0) is 50.9 Å². The molecular formula is C15H20N2O3. The van der Waals surface area contributed by atoms with E-state index in [0.29, 0.717) is 11.3 Å². The zero-order chi connectivity index (χ0) is 14.8. The first-order valence-electron chi connectivity index (χ1n) is 6.79. The summed E-state index contributed by atoms with van der Waals surface area (Å²) in [5.41, 5.74) is 0.464. The van der Waals surface area contributed by atoms with E-state index in [1.807, 2.05) is 0 Å². The summed E-state index contributed by atoms with van der Waals surface area (Å²) in [5, 5.41) is 15.2. The van der Waals surface area contributed by atoms with Crippen LogP contribution in [0.3, 0.4) is 0 Å². The van der Waals surface area contributed by atoms with Crippen molar-refractivity contribution in [3.05, 3.63) is 29.8 Å². The van der Waals surface area contributed by atoms with E-state index in [9.17, 15) is 14.7 Å². The number of nitrogens with one attached hydrogen (secondary N) is 2. The van der Waals surface area contributed by atoms with Gasteiger partial charge in [0, 0.05) is 5.69 Å². The summed E-state index contributed by atoms with van der Waals surface area (Å²) in [6, 6.07) is 6.85. The predicted molar refractivity (Wildman–Crippen MR) is 76.8 cm³/mol. The van der Waals surface area contributed by atoms with Gasteiger partial charge in [-0.25, -0.2) is 0 Å². The van der Waals surface area contributed by atoms with Crippen molar-refractivity contribution in [1.82, 2.24) is 5.32 Å². The molecule has 5 heteroatoms. The fourth-order valence-corrected chi connectivity index (χ4v) is 2.23. The van der Waals surface area contributed by atoms with E-state index in [2.05, 4.69) is 10.6 Å². The number of benzene rings is 1. The van der Waals surface area contributed by atoms with Crippen LogP contribution in [0.15, 0.2) is 24.3 Å². The lowest BCUT2D eigenvalue weighted by Crippen LogP contribution is -2.35. The molecule has 0 aromatic heterocycles. The molecule has 20 heavy (non-hydrogen) atoms. The van der Waals surface area contributed by atoms with Crippen LogP contribution in [0.4, 0.5) is 5.69 Å². The van der Waals surface area contributed by atoms with Crippen molar-refractivity contribution < 1.29 is 14.7 Å². The van der Waals surface area contributed by atoms with Gasteiger partial charge in [0.05, 0.1) is 11.5 Å². The van der Waals surface area contributed by atoms with Gasteiger partial charge in [-0.2, -0.15) is 0 Å². The first-order valence-corrected chi connectivity index (χ1v) is 6.79. The molecule has 0 aliphatic carbocycles. The van der Waals surface area contributed by atoms with Gasteiger partial charge in [0.25, 0.3) is 0 Å². The topological polar surface area (TPSA) is 78.4 Å². The third-order valence-electron chi connectivity index (χ3n) is 3.79. The van der Waals surface area contributed by atoms with Crippen LogP contribution in [0.5, 0.6) is 0 Å². The van der Waals surface area contributed by atoms with E-state index in [4.69, 9.17) is 0 Å². The molecule has 1 aromatic carbocycles. The Morgan fingerprint density at radius 3 is 2.45 bits per heavy atom. The minimum Gasteiger partial charge on any atom is -0.481 e. The number of rotatable bonds is 4. The Balaban J connectivity index is 2.05. The second-order valence-corrected chi connectivity index (χ2v) is 5.65. The highest BCUT2D eigenvalue weighted by Crippen LogP contribution is 2.25. The molecule has 5 nitrogen and oxygen atoms in total. The monoisotopic (exact) mass is 276 g/mol. The number of aliphatic carboxylic acids is 1. The van der Waals surface area contributed by atoms with E-state index in [0.717, 1.165) is 19.4 Å². The summed E-state index contributed by atoms with van der Waals surface area (Å²) < 4.78 is 0. The maximum atomic E-state index is 11.9. The van der Waals surface area contributed by atoms with Crippen LogP contribution >= 0.6 is 0 Å². The second-order valence-electron chi connectivity index (χ2n) is 5.65. The van der Waals surface area contributed by atoms with Crippen LogP contribution in [0.1, 0.15) is 32.3 Å². The SMILES string of the molecule is CC(C)(C(=O)O)c1ccc(NC(=O)[C@H]2CCCN2)cc1. The third-order valence-corrected chi connectivity index (χ3v) is 3.79. The number of hydrogen-bond donors (Lipinski definition) is 3. The Kier molecular flexibility index (Phi) is 4.09. The van der Waals surface area contributed by atoms with Gasteiger partial charge in [0.1, 0.15) is 0 Å². The number of carboxylic acids is 1. The average molecular weight is 276 g/mol. The molecule has 1 heterocycles. The highest BCUT2D eigenvalue weighted by molar-refractivity contribution is 5.95. The van der Waals surface area contributed by atoms with Gasteiger partial charge in [-0.15, -0.1) is 0 Å². The van der Waals surface area contributed by atoms with Crippen molar-refractivity contribution in [1.29, 1.82) is 0 Å². The summed E-state index contributed by atoms with van der Waals surface area (Å²) in [6.07, 6.45) is 1.87. The first-order chi connectivity index (χ1) is 9.41. The van der Waals surface area contributed by atoms with Crippen LogP contribution in [-0.2, 0) is 15.0 Å². The number of hydrogen-bond acceptors (Lipinski definition) is 3. The molecular weight excluding hydrogens is 256 g/mol. The molecule has 1 amide bonds.